The summed E-state index contributed by atoms with van der Waals surface area (Å²) in [7, 11) is -3.40. The molecule has 0 radical (unpaired) electrons. The maximum atomic E-state index is 13.0. The van der Waals surface area contributed by atoms with Crippen LogP contribution < -0.4 is 0 Å². The fourth-order valence-corrected chi connectivity index (χ4v) is 6.51. The molecule has 7 heteroatoms. The molecule has 0 aromatic carbocycles. The van der Waals surface area contributed by atoms with Crippen molar-refractivity contribution in [2.75, 3.05) is 19.8 Å². The molecule has 0 aliphatic rings. The van der Waals surface area contributed by atoms with E-state index >= 15 is 0 Å². The quantitative estimate of drug-likeness (QED) is 0.0531. The van der Waals surface area contributed by atoms with Crippen LogP contribution in [0.3, 0.4) is 0 Å². The molecule has 45 heavy (non-hydrogen) atoms. The number of unbranched alkanes of at least 4 members (excludes halogenated alkanes) is 25. The summed E-state index contributed by atoms with van der Waals surface area (Å²) in [6.45, 7) is 10.3. The van der Waals surface area contributed by atoms with Crippen molar-refractivity contribution in [3.05, 3.63) is 0 Å². The SMILES string of the molecule is CCCCCCCCCCCCCC(=O)O.CCCCCCCCOP(=O)(OCCCCCCCC)OCCCCCCCC. The number of hydrogen-bond acceptors (Lipinski definition) is 5. The van der Waals surface area contributed by atoms with E-state index in [-0.39, 0.29) is 0 Å². The molecule has 0 fully saturated rings. The first-order valence-corrected chi connectivity index (χ1v) is 21.2. The number of aliphatic carboxylic acids is 1. The first-order valence-electron chi connectivity index (χ1n) is 19.7. The summed E-state index contributed by atoms with van der Waals surface area (Å²) in [4.78, 5) is 10.3. The minimum Gasteiger partial charge on any atom is -0.481 e. The van der Waals surface area contributed by atoms with Crippen LogP contribution in [-0.4, -0.2) is 30.9 Å². The summed E-state index contributed by atoms with van der Waals surface area (Å²) < 4.78 is 29.9. The van der Waals surface area contributed by atoms with Crippen LogP contribution in [0.2, 0.25) is 0 Å². The second kappa shape index (κ2) is 39.8. The van der Waals surface area contributed by atoms with Crippen LogP contribution in [0, 0.1) is 0 Å². The average molecular weight is 663 g/mol. The molecule has 272 valence electrons. The molecule has 0 saturated heterocycles. The predicted octanol–water partition coefficient (Wildman–Crippen LogP) is 14.0. The lowest BCUT2D eigenvalue weighted by molar-refractivity contribution is -0.137. The molecule has 6 nitrogen and oxygen atoms in total. The smallest absolute Gasteiger partial charge is 0.474 e. The minimum absolute atomic E-state index is 0.344. The van der Waals surface area contributed by atoms with Crippen LogP contribution in [0.4, 0.5) is 0 Å². The minimum atomic E-state index is -3.40. The van der Waals surface area contributed by atoms with Crippen LogP contribution in [0.1, 0.15) is 220 Å². The Bertz CT molecular complexity index is 563. The number of carboxylic acids is 1. The first-order chi connectivity index (χ1) is 22.0. The topological polar surface area (TPSA) is 82.1 Å². The van der Waals surface area contributed by atoms with Crippen molar-refractivity contribution in [3.8, 4) is 0 Å². The highest BCUT2D eigenvalue weighted by Gasteiger charge is 2.26. The van der Waals surface area contributed by atoms with Gasteiger partial charge in [-0.05, 0) is 25.7 Å². The van der Waals surface area contributed by atoms with E-state index in [2.05, 4.69) is 27.7 Å². The van der Waals surface area contributed by atoms with Gasteiger partial charge in [0.15, 0.2) is 0 Å². The summed E-state index contributed by atoms with van der Waals surface area (Å²) in [6.07, 6.45) is 35.6. The van der Waals surface area contributed by atoms with E-state index in [1.807, 2.05) is 0 Å². The molecule has 0 unspecified atom stereocenters. The molecule has 0 aromatic rings. The van der Waals surface area contributed by atoms with Crippen LogP contribution in [0.15, 0.2) is 0 Å². The number of rotatable bonds is 36. The van der Waals surface area contributed by atoms with Crippen molar-refractivity contribution in [1.29, 1.82) is 0 Å². The average Bonchev–Trinajstić information content (AvgIpc) is 3.02. The Hall–Kier alpha value is -0.420. The normalized spacial score (nSPS) is 11.5. The molecule has 0 bridgehead atoms. The Balaban J connectivity index is 0. The van der Waals surface area contributed by atoms with Crippen molar-refractivity contribution < 1.29 is 28.0 Å². The molecule has 0 aliphatic carbocycles. The van der Waals surface area contributed by atoms with Gasteiger partial charge in [-0.3, -0.25) is 18.4 Å². The maximum absolute atomic E-state index is 13.0. The summed E-state index contributed by atoms with van der Waals surface area (Å²) in [5.74, 6) is -0.657. The Kier molecular flexibility index (Phi) is 41.3. The summed E-state index contributed by atoms with van der Waals surface area (Å²) in [5.41, 5.74) is 0. The molecular weight excluding hydrogens is 583 g/mol. The molecule has 0 amide bonds. The highest BCUT2D eigenvalue weighted by atomic mass is 31.2. The number of hydrogen-bond donors (Lipinski definition) is 1. The van der Waals surface area contributed by atoms with E-state index in [9.17, 15) is 9.36 Å². The Morgan fingerprint density at radius 2 is 0.622 bits per heavy atom. The van der Waals surface area contributed by atoms with Crippen LogP contribution in [-0.2, 0) is 22.9 Å². The fourth-order valence-electron chi connectivity index (χ4n) is 5.23. The van der Waals surface area contributed by atoms with Gasteiger partial charge in [0.1, 0.15) is 0 Å². The Morgan fingerprint density at radius 3 is 0.867 bits per heavy atom. The third kappa shape index (κ3) is 41.6. The van der Waals surface area contributed by atoms with Crippen LogP contribution >= 0.6 is 7.82 Å². The van der Waals surface area contributed by atoms with Gasteiger partial charge in [-0.25, -0.2) is 4.57 Å². The number of carbonyl (C=O) groups is 1. The molecule has 1 N–H and O–H groups in total. The molecule has 0 spiro atoms. The van der Waals surface area contributed by atoms with Crippen molar-refractivity contribution in [1.82, 2.24) is 0 Å². The summed E-state index contributed by atoms with van der Waals surface area (Å²) >= 11 is 0. The fraction of sp³-hybridized carbons (Fsp3) is 0.974. The predicted molar refractivity (Wildman–Crippen MR) is 194 cm³/mol. The van der Waals surface area contributed by atoms with E-state index in [0.717, 1.165) is 51.4 Å². The van der Waals surface area contributed by atoms with Crippen LogP contribution in [0.25, 0.3) is 0 Å². The van der Waals surface area contributed by atoms with Gasteiger partial charge in [-0.2, -0.15) is 0 Å². The summed E-state index contributed by atoms with van der Waals surface area (Å²) in [5, 5.41) is 8.46. The molecule has 0 aromatic heterocycles. The zero-order chi connectivity index (χ0) is 33.5. The van der Waals surface area contributed by atoms with Crippen molar-refractivity contribution in [2.24, 2.45) is 0 Å². The lowest BCUT2D eigenvalue weighted by atomic mass is 10.1. The van der Waals surface area contributed by atoms with Gasteiger partial charge in [0.25, 0.3) is 0 Å². The largest absolute Gasteiger partial charge is 0.481 e. The first kappa shape index (κ1) is 46.7. The van der Waals surface area contributed by atoms with E-state index in [1.54, 1.807) is 0 Å². The number of phosphoric acid groups is 1. The number of carboxylic acid groups (broad SMARTS) is 1. The van der Waals surface area contributed by atoms with Gasteiger partial charge >= 0.3 is 13.8 Å². The lowest BCUT2D eigenvalue weighted by Gasteiger charge is -2.18. The van der Waals surface area contributed by atoms with Gasteiger partial charge in [-0.15, -0.1) is 0 Å². The molecule has 0 heterocycles. The second-order valence-corrected chi connectivity index (χ2v) is 14.6. The van der Waals surface area contributed by atoms with Gasteiger partial charge in [0, 0.05) is 6.42 Å². The molecule has 0 atom stereocenters. The standard InChI is InChI=1S/C24H51O4P.C14H28O2/c1-4-7-10-13-16-19-22-26-29(25,27-23-20-17-14-11-8-5-2)28-24-21-18-15-12-9-6-3;1-2-3-4-5-6-7-8-9-10-11-12-13-14(15)16/h4-24H2,1-3H3;2-13H2,1H3,(H,15,16). The molecule has 0 rings (SSSR count). The Morgan fingerprint density at radius 1 is 0.400 bits per heavy atom. The van der Waals surface area contributed by atoms with Crippen molar-refractivity contribution in [2.45, 2.75) is 220 Å². The van der Waals surface area contributed by atoms with E-state index < -0.39 is 13.8 Å². The third-order valence-electron chi connectivity index (χ3n) is 8.24. The van der Waals surface area contributed by atoms with Gasteiger partial charge in [0.2, 0.25) is 0 Å². The van der Waals surface area contributed by atoms with Gasteiger partial charge in [0.05, 0.1) is 19.8 Å². The highest BCUT2D eigenvalue weighted by Crippen LogP contribution is 2.50. The highest BCUT2D eigenvalue weighted by molar-refractivity contribution is 7.48. The van der Waals surface area contributed by atoms with E-state index in [0.29, 0.717) is 26.2 Å². The van der Waals surface area contributed by atoms with Gasteiger partial charge in [-0.1, -0.05) is 188 Å². The zero-order valence-corrected chi connectivity index (χ0v) is 31.7. The number of phosphoric ester groups is 1. The lowest BCUT2D eigenvalue weighted by Crippen LogP contribution is -2.04. The zero-order valence-electron chi connectivity index (χ0n) is 30.8. The van der Waals surface area contributed by atoms with E-state index in [1.165, 1.54) is 135 Å². The van der Waals surface area contributed by atoms with Crippen LogP contribution in [0.5, 0.6) is 0 Å². The molecule has 0 saturated carbocycles. The molecular formula is C38H79O6P. The maximum Gasteiger partial charge on any atom is 0.474 e. The van der Waals surface area contributed by atoms with E-state index in [4.69, 9.17) is 18.7 Å². The van der Waals surface area contributed by atoms with Crippen molar-refractivity contribution in [3.63, 3.8) is 0 Å². The third-order valence-corrected chi connectivity index (χ3v) is 9.73. The molecule has 0 aliphatic heterocycles. The monoisotopic (exact) mass is 663 g/mol. The second-order valence-electron chi connectivity index (χ2n) is 12.9. The Labute approximate surface area is 281 Å². The van der Waals surface area contributed by atoms with Crippen molar-refractivity contribution >= 4 is 13.8 Å². The van der Waals surface area contributed by atoms with Gasteiger partial charge < -0.3 is 5.11 Å². The summed E-state index contributed by atoms with van der Waals surface area (Å²) in [6, 6.07) is 0.